The van der Waals surface area contributed by atoms with Gasteiger partial charge in [0.25, 0.3) is 0 Å². The number of piperazine rings is 1. The van der Waals surface area contributed by atoms with Crippen LogP contribution in [0.5, 0.6) is 0 Å². The molecule has 0 unspecified atom stereocenters. The van der Waals surface area contributed by atoms with Crippen molar-refractivity contribution in [2.45, 2.75) is 20.4 Å². The average molecular weight is 364 g/mol. The molecule has 0 saturated carbocycles. The zero-order valence-electron chi connectivity index (χ0n) is 16.3. The fourth-order valence-electron chi connectivity index (χ4n) is 4.32. The van der Waals surface area contributed by atoms with Gasteiger partial charge in [-0.2, -0.15) is 0 Å². The van der Waals surface area contributed by atoms with Gasteiger partial charge in [0.05, 0.1) is 5.56 Å². The van der Waals surface area contributed by atoms with Crippen LogP contribution >= 0.6 is 0 Å². The highest BCUT2D eigenvalue weighted by molar-refractivity contribution is 6.09. The SMILES string of the molecule is Cc1ccc2c(C(=O)C[NH+]3CC[NH+](Cc4ccccc4)CC3)c(C)[nH]c2c1. The van der Waals surface area contributed by atoms with Crippen molar-refractivity contribution in [3.05, 3.63) is 70.9 Å². The standard InChI is InChI=1S/C23H27N3O/c1-17-8-9-20-21(14-17)24-18(2)23(20)22(27)16-26-12-10-25(11-13-26)15-19-6-4-3-5-7-19/h3-9,14,24H,10-13,15-16H2,1-2H3/p+2. The van der Waals surface area contributed by atoms with Gasteiger partial charge in [0.2, 0.25) is 5.78 Å². The summed E-state index contributed by atoms with van der Waals surface area (Å²) in [6, 6.07) is 17.0. The summed E-state index contributed by atoms with van der Waals surface area (Å²) >= 11 is 0. The van der Waals surface area contributed by atoms with Gasteiger partial charge in [0.15, 0.2) is 0 Å². The normalized spacial score (nSPS) is 20.1. The molecular weight excluding hydrogens is 334 g/mol. The van der Waals surface area contributed by atoms with Crippen molar-refractivity contribution in [1.82, 2.24) is 4.98 Å². The van der Waals surface area contributed by atoms with Gasteiger partial charge in [-0.1, -0.05) is 42.5 Å². The number of aromatic amines is 1. The van der Waals surface area contributed by atoms with Crippen molar-refractivity contribution < 1.29 is 14.6 Å². The number of Topliss-reactive ketones (excluding diaryl/α,β-unsaturated/α-hetero) is 1. The van der Waals surface area contributed by atoms with Crippen LogP contribution in [0.1, 0.15) is 27.2 Å². The number of benzene rings is 2. The van der Waals surface area contributed by atoms with E-state index in [0.717, 1.165) is 54.9 Å². The molecule has 0 spiro atoms. The van der Waals surface area contributed by atoms with E-state index in [9.17, 15) is 4.79 Å². The number of aryl methyl sites for hydroxylation is 2. The quantitative estimate of drug-likeness (QED) is 0.581. The number of hydrogen-bond acceptors (Lipinski definition) is 1. The minimum Gasteiger partial charge on any atom is -0.358 e. The molecule has 0 radical (unpaired) electrons. The molecule has 27 heavy (non-hydrogen) atoms. The summed E-state index contributed by atoms with van der Waals surface area (Å²) in [4.78, 5) is 19.4. The van der Waals surface area contributed by atoms with E-state index in [1.54, 1.807) is 4.90 Å². The predicted octanol–water partition coefficient (Wildman–Crippen LogP) is 0.951. The van der Waals surface area contributed by atoms with Gasteiger partial charge in [-0.15, -0.1) is 0 Å². The number of aromatic nitrogens is 1. The first-order valence-electron chi connectivity index (χ1n) is 9.93. The highest BCUT2D eigenvalue weighted by Crippen LogP contribution is 2.23. The van der Waals surface area contributed by atoms with Crippen LogP contribution in [0, 0.1) is 13.8 Å². The van der Waals surface area contributed by atoms with Crippen molar-refractivity contribution in [2.24, 2.45) is 0 Å². The van der Waals surface area contributed by atoms with Crippen LogP contribution in [-0.4, -0.2) is 43.5 Å². The maximum Gasteiger partial charge on any atom is 0.219 e. The van der Waals surface area contributed by atoms with Crippen LogP contribution in [0.3, 0.4) is 0 Å². The molecule has 0 bridgehead atoms. The summed E-state index contributed by atoms with van der Waals surface area (Å²) in [5.74, 6) is 0.268. The van der Waals surface area contributed by atoms with Crippen LogP contribution in [0.15, 0.2) is 48.5 Å². The van der Waals surface area contributed by atoms with E-state index in [-0.39, 0.29) is 5.78 Å². The number of carbonyl (C=O) groups is 1. The average Bonchev–Trinajstić information content (AvgIpc) is 2.99. The molecule has 140 valence electrons. The number of ketones is 1. The Balaban J connectivity index is 1.38. The van der Waals surface area contributed by atoms with E-state index in [1.165, 1.54) is 16.0 Å². The van der Waals surface area contributed by atoms with Gasteiger partial charge in [-0.05, 0) is 25.5 Å². The summed E-state index contributed by atoms with van der Waals surface area (Å²) in [5, 5.41) is 1.07. The molecule has 1 saturated heterocycles. The Hall–Kier alpha value is -2.43. The maximum atomic E-state index is 13.0. The smallest absolute Gasteiger partial charge is 0.219 e. The first kappa shape index (κ1) is 18.0. The zero-order valence-corrected chi connectivity index (χ0v) is 16.3. The summed E-state index contributed by atoms with van der Waals surface area (Å²) in [5.41, 5.74) is 5.57. The van der Waals surface area contributed by atoms with E-state index in [0.29, 0.717) is 6.54 Å². The van der Waals surface area contributed by atoms with Crippen LogP contribution in [-0.2, 0) is 6.54 Å². The Morgan fingerprint density at radius 1 is 0.963 bits per heavy atom. The first-order chi connectivity index (χ1) is 13.1. The van der Waals surface area contributed by atoms with Gasteiger partial charge >= 0.3 is 0 Å². The first-order valence-corrected chi connectivity index (χ1v) is 9.93. The Morgan fingerprint density at radius 2 is 1.67 bits per heavy atom. The van der Waals surface area contributed by atoms with Crippen molar-refractivity contribution in [2.75, 3.05) is 32.7 Å². The molecule has 1 fully saturated rings. The minimum absolute atomic E-state index is 0.268. The van der Waals surface area contributed by atoms with Crippen molar-refractivity contribution in [3.8, 4) is 0 Å². The molecule has 2 heterocycles. The molecule has 0 atom stereocenters. The monoisotopic (exact) mass is 363 g/mol. The molecule has 2 aromatic carbocycles. The summed E-state index contributed by atoms with van der Waals surface area (Å²) < 4.78 is 0. The Labute approximate surface area is 160 Å². The molecule has 4 nitrogen and oxygen atoms in total. The Morgan fingerprint density at radius 3 is 2.41 bits per heavy atom. The van der Waals surface area contributed by atoms with E-state index in [2.05, 4.69) is 60.4 Å². The van der Waals surface area contributed by atoms with E-state index < -0.39 is 0 Å². The molecule has 1 aliphatic rings. The number of H-pyrrole nitrogens is 1. The third-order valence-electron chi connectivity index (χ3n) is 5.79. The number of rotatable bonds is 5. The molecule has 3 aromatic rings. The zero-order chi connectivity index (χ0) is 18.8. The minimum atomic E-state index is 0.268. The Kier molecular flexibility index (Phi) is 5.10. The second-order valence-electron chi connectivity index (χ2n) is 7.94. The topological polar surface area (TPSA) is 41.7 Å². The molecule has 1 aromatic heterocycles. The number of fused-ring (bicyclic) bond motifs is 1. The fourth-order valence-corrected chi connectivity index (χ4v) is 4.32. The van der Waals surface area contributed by atoms with Crippen molar-refractivity contribution in [1.29, 1.82) is 0 Å². The lowest BCUT2D eigenvalue weighted by Gasteiger charge is -2.29. The lowest BCUT2D eigenvalue weighted by Crippen LogP contribution is -3.27. The van der Waals surface area contributed by atoms with Gasteiger partial charge < -0.3 is 14.8 Å². The summed E-state index contributed by atoms with van der Waals surface area (Å²) in [6.07, 6.45) is 0. The highest BCUT2D eigenvalue weighted by atomic mass is 16.1. The number of quaternary nitrogens is 2. The van der Waals surface area contributed by atoms with E-state index in [1.807, 2.05) is 6.92 Å². The van der Waals surface area contributed by atoms with E-state index >= 15 is 0 Å². The van der Waals surface area contributed by atoms with Crippen LogP contribution < -0.4 is 9.80 Å². The fraction of sp³-hybridized carbons (Fsp3) is 0.348. The van der Waals surface area contributed by atoms with Crippen LogP contribution in [0.4, 0.5) is 0 Å². The molecule has 0 aliphatic carbocycles. The third-order valence-corrected chi connectivity index (χ3v) is 5.79. The Bertz CT molecular complexity index is 937. The molecule has 4 heteroatoms. The van der Waals surface area contributed by atoms with Gasteiger partial charge in [-0.3, -0.25) is 4.79 Å². The predicted molar refractivity (Wildman–Crippen MR) is 109 cm³/mol. The van der Waals surface area contributed by atoms with Gasteiger partial charge in [-0.25, -0.2) is 0 Å². The molecule has 0 amide bonds. The highest BCUT2D eigenvalue weighted by Gasteiger charge is 2.27. The maximum absolute atomic E-state index is 13.0. The number of nitrogens with one attached hydrogen (secondary N) is 3. The number of hydrogen-bond donors (Lipinski definition) is 3. The molecule has 1 aliphatic heterocycles. The van der Waals surface area contributed by atoms with Gasteiger partial charge in [0.1, 0.15) is 39.3 Å². The second kappa shape index (κ2) is 7.67. The second-order valence-corrected chi connectivity index (χ2v) is 7.94. The molecule has 4 rings (SSSR count). The molecule has 3 N–H and O–H groups in total. The van der Waals surface area contributed by atoms with Crippen LogP contribution in [0.25, 0.3) is 10.9 Å². The van der Waals surface area contributed by atoms with Crippen molar-refractivity contribution in [3.63, 3.8) is 0 Å². The van der Waals surface area contributed by atoms with E-state index in [4.69, 9.17) is 0 Å². The third kappa shape index (κ3) is 3.97. The number of carbonyl (C=O) groups excluding carboxylic acids is 1. The lowest BCUT2D eigenvalue weighted by molar-refractivity contribution is -1.01. The van der Waals surface area contributed by atoms with Crippen molar-refractivity contribution >= 4 is 16.7 Å². The lowest BCUT2D eigenvalue weighted by atomic mass is 10.0. The summed E-state index contributed by atoms with van der Waals surface area (Å²) in [7, 11) is 0. The summed E-state index contributed by atoms with van der Waals surface area (Å²) in [6.45, 7) is 10.2. The molecular formula is C23H29N3O+2. The largest absolute Gasteiger partial charge is 0.358 e. The van der Waals surface area contributed by atoms with Crippen LogP contribution in [0.2, 0.25) is 0 Å². The van der Waals surface area contributed by atoms with Gasteiger partial charge in [0, 0.05) is 22.2 Å².